The van der Waals surface area contributed by atoms with Gasteiger partial charge in [-0.15, -0.1) is 0 Å². The number of anilines is 1. The molecule has 3 rings (SSSR count). The number of benzene rings is 3. The van der Waals surface area contributed by atoms with E-state index in [-0.39, 0.29) is 29.5 Å². The first-order valence-corrected chi connectivity index (χ1v) is 14.1. The fourth-order valence-electron chi connectivity index (χ4n) is 3.98. The predicted octanol–water partition coefficient (Wildman–Crippen LogP) is 5.01. The second-order valence-corrected chi connectivity index (χ2v) is 10.9. The number of hydrogen-bond donors (Lipinski definition) is 1. The van der Waals surface area contributed by atoms with E-state index in [9.17, 15) is 22.4 Å². The van der Waals surface area contributed by atoms with Crippen LogP contribution in [-0.2, 0) is 26.2 Å². The van der Waals surface area contributed by atoms with Crippen LogP contribution in [0.1, 0.15) is 32.3 Å². The standard InChI is InChI=1S/C28H31ClFN3O4S/c1-3-18-31-28(35)25(4-2)32(19-21-12-8-9-15-23(21)29)27(34)20-33(26-17-11-10-16-24(26)30)38(36,37)22-13-6-5-7-14-22/h5-17,25H,3-4,18-20H2,1-2H3,(H,31,35). The van der Waals surface area contributed by atoms with Gasteiger partial charge >= 0.3 is 0 Å². The van der Waals surface area contributed by atoms with E-state index in [0.717, 1.165) is 10.4 Å². The average Bonchev–Trinajstić information content (AvgIpc) is 2.92. The molecular weight excluding hydrogens is 529 g/mol. The molecule has 0 heterocycles. The Morgan fingerprint density at radius 3 is 2.21 bits per heavy atom. The molecule has 3 aromatic carbocycles. The normalized spacial score (nSPS) is 12.0. The number of sulfonamides is 1. The van der Waals surface area contributed by atoms with Gasteiger partial charge in [0.2, 0.25) is 11.8 Å². The highest BCUT2D eigenvalue weighted by molar-refractivity contribution is 7.92. The zero-order valence-corrected chi connectivity index (χ0v) is 22.9. The molecule has 0 aliphatic carbocycles. The predicted molar refractivity (Wildman–Crippen MR) is 147 cm³/mol. The molecule has 0 saturated heterocycles. The van der Waals surface area contributed by atoms with Crippen LogP contribution in [0.15, 0.2) is 83.8 Å². The monoisotopic (exact) mass is 559 g/mol. The fraction of sp³-hybridized carbons (Fsp3) is 0.286. The lowest BCUT2D eigenvalue weighted by molar-refractivity contribution is -0.140. The molecule has 0 aromatic heterocycles. The molecule has 0 bridgehead atoms. The molecule has 0 radical (unpaired) electrons. The van der Waals surface area contributed by atoms with Crippen LogP contribution in [0.2, 0.25) is 5.02 Å². The van der Waals surface area contributed by atoms with Gasteiger partial charge in [0, 0.05) is 18.1 Å². The van der Waals surface area contributed by atoms with E-state index in [1.165, 1.54) is 35.2 Å². The van der Waals surface area contributed by atoms with Gasteiger partial charge in [-0.3, -0.25) is 13.9 Å². The van der Waals surface area contributed by atoms with Crippen molar-refractivity contribution >= 4 is 39.1 Å². The van der Waals surface area contributed by atoms with Crippen LogP contribution < -0.4 is 9.62 Å². The van der Waals surface area contributed by atoms with Crippen LogP contribution in [0.4, 0.5) is 10.1 Å². The SMILES string of the molecule is CCCNC(=O)C(CC)N(Cc1ccccc1Cl)C(=O)CN(c1ccccc1F)S(=O)(=O)c1ccccc1. The zero-order valence-electron chi connectivity index (χ0n) is 21.3. The summed E-state index contributed by atoms with van der Waals surface area (Å²) in [4.78, 5) is 28.1. The van der Waals surface area contributed by atoms with Crippen molar-refractivity contribution in [3.63, 3.8) is 0 Å². The fourth-order valence-corrected chi connectivity index (χ4v) is 5.62. The van der Waals surface area contributed by atoms with E-state index in [2.05, 4.69) is 5.32 Å². The highest BCUT2D eigenvalue weighted by atomic mass is 35.5. The van der Waals surface area contributed by atoms with E-state index >= 15 is 0 Å². The Bertz CT molecular complexity index is 1350. The van der Waals surface area contributed by atoms with Gasteiger partial charge in [-0.05, 0) is 48.7 Å². The quantitative estimate of drug-likeness (QED) is 0.338. The maximum atomic E-state index is 14.9. The molecule has 1 N–H and O–H groups in total. The maximum Gasteiger partial charge on any atom is 0.264 e. The minimum Gasteiger partial charge on any atom is -0.354 e. The summed E-state index contributed by atoms with van der Waals surface area (Å²) in [6.07, 6.45) is 0.980. The van der Waals surface area contributed by atoms with Crippen molar-refractivity contribution in [3.8, 4) is 0 Å². The van der Waals surface area contributed by atoms with Crippen molar-refractivity contribution in [2.75, 3.05) is 17.4 Å². The summed E-state index contributed by atoms with van der Waals surface area (Å²) in [5.41, 5.74) is 0.318. The Morgan fingerprint density at radius 2 is 1.58 bits per heavy atom. The lowest BCUT2D eigenvalue weighted by atomic mass is 10.1. The molecule has 10 heteroatoms. The first-order valence-electron chi connectivity index (χ1n) is 12.3. The third kappa shape index (κ3) is 6.90. The van der Waals surface area contributed by atoms with Crippen LogP contribution in [0.3, 0.4) is 0 Å². The number of hydrogen-bond acceptors (Lipinski definition) is 4. The van der Waals surface area contributed by atoms with Crippen molar-refractivity contribution in [1.29, 1.82) is 0 Å². The summed E-state index contributed by atoms with van der Waals surface area (Å²) in [7, 11) is -4.33. The highest BCUT2D eigenvalue weighted by Gasteiger charge is 2.34. The Morgan fingerprint density at radius 1 is 0.947 bits per heavy atom. The number of rotatable bonds is 12. The van der Waals surface area contributed by atoms with Crippen molar-refractivity contribution in [2.45, 2.75) is 44.2 Å². The van der Waals surface area contributed by atoms with E-state index in [1.807, 2.05) is 6.92 Å². The van der Waals surface area contributed by atoms with Gasteiger partial charge in [0.15, 0.2) is 0 Å². The summed E-state index contributed by atoms with van der Waals surface area (Å²) in [6.45, 7) is 3.34. The summed E-state index contributed by atoms with van der Waals surface area (Å²) in [5, 5.41) is 3.21. The molecule has 0 spiro atoms. The van der Waals surface area contributed by atoms with Gasteiger partial charge in [0.25, 0.3) is 10.0 Å². The van der Waals surface area contributed by atoms with Gasteiger partial charge in [-0.2, -0.15) is 0 Å². The molecule has 1 atom stereocenters. The summed E-state index contributed by atoms with van der Waals surface area (Å²) in [6, 6.07) is 18.9. The lowest BCUT2D eigenvalue weighted by Crippen LogP contribution is -2.52. The van der Waals surface area contributed by atoms with Gasteiger partial charge in [-0.25, -0.2) is 12.8 Å². The van der Waals surface area contributed by atoms with Crippen molar-refractivity contribution < 1.29 is 22.4 Å². The smallest absolute Gasteiger partial charge is 0.264 e. The number of halogens is 2. The molecule has 2 amide bonds. The minimum absolute atomic E-state index is 0.0347. The molecule has 1 unspecified atom stereocenters. The van der Waals surface area contributed by atoms with Crippen molar-refractivity contribution in [1.82, 2.24) is 10.2 Å². The lowest BCUT2D eigenvalue weighted by Gasteiger charge is -2.33. The Hall–Kier alpha value is -3.43. The Kier molecular flexibility index (Phi) is 10.3. The molecule has 38 heavy (non-hydrogen) atoms. The summed E-state index contributed by atoms with van der Waals surface area (Å²) in [5.74, 6) is -1.84. The van der Waals surface area contributed by atoms with Gasteiger partial charge in [0.05, 0.1) is 10.6 Å². The largest absolute Gasteiger partial charge is 0.354 e. The molecule has 0 fully saturated rings. The van der Waals surface area contributed by atoms with E-state index < -0.39 is 34.3 Å². The number of carbonyl (C=O) groups is 2. The van der Waals surface area contributed by atoms with E-state index in [1.54, 1.807) is 49.4 Å². The first kappa shape index (κ1) is 29.1. The van der Waals surface area contributed by atoms with Gasteiger partial charge in [-0.1, -0.05) is 74.0 Å². The highest BCUT2D eigenvalue weighted by Crippen LogP contribution is 2.27. The number of nitrogens with one attached hydrogen (secondary N) is 1. The van der Waals surface area contributed by atoms with Crippen LogP contribution in [-0.4, -0.2) is 44.3 Å². The van der Waals surface area contributed by atoms with Gasteiger partial charge in [0.1, 0.15) is 18.4 Å². The maximum absolute atomic E-state index is 14.9. The minimum atomic E-state index is -4.33. The summed E-state index contributed by atoms with van der Waals surface area (Å²) >= 11 is 6.36. The Balaban J connectivity index is 2.06. The number of carbonyl (C=O) groups excluding carboxylic acids is 2. The topological polar surface area (TPSA) is 86.8 Å². The third-order valence-electron chi connectivity index (χ3n) is 5.96. The molecule has 0 aliphatic rings. The zero-order chi connectivity index (χ0) is 27.7. The molecule has 0 aliphatic heterocycles. The van der Waals surface area contributed by atoms with Crippen molar-refractivity contribution in [2.24, 2.45) is 0 Å². The molecule has 7 nitrogen and oxygen atoms in total. The van der Waals surface area contributed by atoms with Gasteiger partial charge < -0.3 is 10.2 Å². The molecule has 3 aromatic rings. The van der Waals surface area contributed by atoms with Crippen LogP contribution in [0.25, 0.3) is 0 Å². The van der Waals surface area contributed by atoms with Crippen LogP contribution >= 0.6 is 11.6 Å². The summed E-state index contributed by atoms with van der Waals surface area (Å²) < 4.78 is 43.0. The molecule has 202 valence electrons. The average molecular weight is 560 g/mol. The second kappa shape index (κ2) is 13.4. The van der Waals surface area contributed by atoms with Crippen LogP contribution in [0.5, 0.6) is 0 Å². The number of nitrogens with zero attached hydrogens (tertiary/aromatic N) is 2. The number of amides is 2. The second-order valence-electron chi connectivity index (χ2n) is 8.60. The third-order valence-corrected chi connectivity index (χ3v) is 8.11. The van der Waals surface area contributed by atoms with Crippen molar-refractivity contribution in [3.05, 3.63) is 95.3 Å². The van der Waals surface area contributed by atoms with E-state index in [0.29, 0.717) is 23.6 Å². The van der Waals surface area contributed by atoms with Crippen LogP contribution in [0, 0.1) is 5.82 Å². The molecule has 0 saturated carbocycles. The van der Waals surface area contributed by atoms with E-state index in [4.69, 9.17) is 11.6 Å². The first-order chi connectivity index (χ1) is 18.2. The number of para-hydroxylation sites is 1. The molecular formula is C28H31ClFN3O4S. The Labute approximate surface area is 228 Å².